The summed E-state index contributed by atoms with van der Waals surface area (Å²) in [4.78, 5) is 31.4. The van der Waals surface area contributed by atoms with E-state index in [-0.39, 0.29) is 23.5 Å². The zero-order valence-electron chi connectivity index (χ0n) is 14.6. The number of piperidine rings is 1. The van der Waals surface area contributed by atoms with E-state index >= 15 is 0 Å². The van der Waals surface area contributed by atoms with Gasteiger partial charge in [0.25, 0.3) is 0 Å². The average molecular weight is 336 g/mol. The molecule has 1 aliphatic heterocycles. The number of carbonyl (C=O) groups excluding carboxylic acids is 2. The lowest BCUT2D eigenvalue weighted by Gasteiger charge is -2.33. The summed E-state index contributed by atoms with van der Waals surface area (Å²) < 4.78 is 0. The Kier molecular flexibility index (Phi) is 5.59. The second-order valence-electron chi connectivity index (χ2n) is 6.58. The van der Waals surface area contributed by atoms with Crippen LogP contribution in [0.25, 0.3) is 0 Å². The highest BCUT2D eigenvalue weighted by Crippen LogP contribution is 2.27. The Balaban J connectivity index is 1.62. The maximum atomic E-state index is 12.9. The highest BCUT2D eigenvalue weighted by Gasteiger charge is 2.31. The second-order valence-corrected chi connectivity index (χ2v) is 6.58. The van der Waals surface area contributed by atoms with Crippen LogP contribution in [0, 0.1) is 5.92 Å². The van der Waals surface area contributed by atoms with Gasteiger partial charge >= 0.3 is 0 Å². The molecule has 0 spiro atoms. The molecule has 3 rings (SSSR count). The summed E-state index contributed by atoms with van der Waals surface area (Å²) in [6.45, 7) is 3.35. The standard InChI is InChI=1S/C21H24N2O2/c1-2-19(16-7-4-3-5-8-16)21(25)23-13-10-17(11-14-23)20(24)18-9-6-12-22-15-18/h3-9,12,15,17,19H,2,10-11,13-14H2,1H3/t19-/m0/s1. The fraction of sp³-hybridized carbons (Fsp3) is 0.381. The largest absolute Gasteiger partial charge is 0.342 e. The van der Waals surface area contributed by atoms with Crippen LogP contribution in [0.5, 0.6) is 0 Å². The van der Waals surface area contributed by atoms with Crippen molar-refractivity contribution in [2.75, 3.05) is 13.1 Å². The van der Waals surface area contributed by atoms with Crippen molar-refractivity contribution in [1.29, 1.82) is 0 Å². The molecular formula is C21H24N2O2. The minimum atomic E-state index is -0.0909. The quantitative estimate of drug-likeness (QED) is 0.782. The van der Waals surface area contributed by atoms with Crippen molar-refractivity contribution in [1.82, 2.24) is 9.88 Å². The molecule has 2 aromatic rings. The predicted molar refractivity (Wildman–Crippen MR) is 97.3 cm³/mol. The average Bonchev–Trinajstić information content (AvgIpc) is 2.69. The molecule has 1 aromatic carbocycles. The molecule has 0 unspecified atom stereocenters. The Bertz CT molecular complexity index is 707. The van der Waals surface area contributed by atoms with Gasteiger partial charge in [-0.3, -0.25) is 14.6 Å². The molecule has 4 heteroatoms. The van der Waals surface area contributed by atoms with Gasteiger partial charge in [-0.05, 0) is 37.0 Å². The Morgan fingerprint density at radius 1 is 1.12 bits per heavy atom. The first kappa shape index (κ1) is 17.3. The van der Waals surface area contributed by atoms with E-state index in [1.807, 2.05) is 48.2 Å². The monoisotopic (exact) mass is 336 g/mol. The highest BCUT2D eigenvalue weighted by atomic mass is 16.2. The van der Waals surface area contributed by atoms with Crippen LogP contribution in [0.2, 0.25) is 0 Å². The number of hydrogen-bond donors (Lipinski definition) is 0. The van der Waals surface area contributed by atoms with Gasteiger partial charge in [-0.1, -0.05) is 37.3 Å². The van der Waals surface area contributed by atoms with E-state index in [0.717, 1.165) is 24.8 Å². The van der Waals surface area contributed by atoms with Crippen LogP contribution < -0.4 is 0 Å². The summed E-state index contributed by atoms with van der Waals surface area (Å²) in [5.74, 6) is 0.230. The van der Waals surface area contributed by atoms with Gasteiger partial charge in [0.05, 0.1) is 5.92 Å². The molecule has 2 heterocycles. The van der Waals surface area contributed by atoms with E-state index in [1.165, 1.54) is 0 Å². The summed E-state index contributed by atoms with van der Waals surface area (Å²) in [7, 11) is 0. The zero-order chi connectivity index (χ0) is 17.6. The molecule has 0 bridgehead atoms. The van der Waals surface area contributed by atoms with E-state index in [4.69, 9.17) is 0 Å². The van der Waals surface area contributed by atoms with Crippen LogP contribution in [0.4, 0.5) is 0 Å². The fourth-order valence-electron chi connectivity index (χ4n) is 3.56. The molecule has 1 aliphatic rings. The topological polar surface area (TPSA) is 50.3 Å². The van der Waals surface area contributed by atoms with E-state index in [2.05, 4.69) is 4.98 Å². The van der Waals surface area contributed by atoms with Crippen LogP contribution in [-0.4, -0.2) is 34.7 Å². The summed E-state index contributed by atoms with van der Waals surface area (Å²) in [6.07, 6.45) is 5.54. The van der Waals surface area contributed by atoms with Gasteiger partial charge in [-0.25, -0.2) is 0 Å². The normalized spacial score (nSPS) is 16.4. The van der Waals surface area contributed by atoms with Crippen molar-refractivity contribution >= 4 is 11.7 Å². The van der Waals surface area contributed by atoms with Gasteiger partial charge in [0, 0.05) is 37.0 Å². The minimum Gasteiger partial charge on any atom is -0.342 e. The van der Waals surface area contributed by atoms with Crippen molar-refractivity contribution in [2.45, 2.75) is 32.1 Å². The molecule has 1 aromatic heterocycles. The van der Waals surface area contributed by atoms with Crippen molar-refractivity contribution in [3.05, 3.63) is 66.0 Å². The van der Waals surface area contributed by atoms with Crippen LogP contribution in [-0.2, 0) is 4.79 Å². The van der Waals surface area contributed by atoms with Gasteiger partial charge in [-0.15, -0.1) is 0 Å². The van der Waals surface area contributed by atoms with Gasteiger partial charge < -0.3 is 4.90 Å². The van der Waals surface area contributed by atoms with Crippen molar-refractivity contribution in [2.24, 2.45) is 5.92 Å². The first-order valence-corrected chi connectivity index (χ1v) is 8.98. The zero-order valence-corrected chi connectivity index (χ0v) is 14.6. The molecule has 25 heavy (non-hydrogen) atoms. The number of rotatable bonds is 5. The predicted octanol–water partition coefficient (Wildman–Crippen LogP) is 3.70. The molecule has 0 saturated carbocycles. The number of Topliss-reactive ketones (excluding diaryl/α,β-unsaturated/α-hetero) is 1. The molecule has 1 saturated heterocycles. The maximum Gasteiger partial charge on any atom is 0.230 e. The number of likely N-dealkylation sites (tertiary alicyclic amines) is 1. The van der Waals surface area contributed by atoms with Gasteiger partial charge in [-0.2, -0.15) is 0 Å². The van der Waals surface area contributed by atoms with Crippen LogP contribution in [0.15, 0.2) is 54.9 Å². The summed E-state index contributed by atoms with van der Waals surface area (Å²) in [6, 6.07) is 13.6. The van der Waals surface area contributed by atoms with Gasteiger partial charge in [0.15, 0.2) is 5.78 Å². The molecular weight excluding hydrogens is 312 g/mol. The molecule has 4 nitrogen and oxygen atoms in total. The smallest absolute Gasteiger partial charge is 0.230 e. The molecule has 1 atom stereocenters. The fourth-order valence-corrected chi connectivity index (χ4v) is 3.56. The van der Waals surface area contributed by atoms with Gasteiger partial charge in [0.2, 0.25) is 5.91 Å². The third-order valence-electron chi connectivity index (χ3n) is 5.03. The number of nitrogens with zero attached hydrogens (tertiary/aromatic N) is 2. The van der Waals surface area contributed by atoms with E-state index in [9.17, 15) is 9.59 Å². The molecule has 0 N–H and O–H groups in total. The first-order valence-electron chi connectivity index (χ1n) is 8.98. The van der Waals surface area contributed by atoms with E-state index < -0.39 is 0 Å². The lowest BCUT2D eigenvalue weighted by Crippen LogP contribution is -2.42. The third-order valence-corrected chi connectivity index (χ3v) is 5.03. The van der Waals surface area contributed by atoms with Crippen LogP contribution in [0.1, 0.15) is 48.0 Å². The Morgan fingerprint density at radius 2 is 1.84 bits per heavy atom. The molecule has 0 radical (unpaired) electrons. The van der Waals surface area contributed by atoms with Crippen molar-refractivity contribution in [3.8, 4) is 0 Å². The van der Waals surface area contributed by atoms with E-state index in [1.54, 1.807) is 18.5 Å². The first-order chi connectivity index (χ1) is 12.2. The Morgan fingerprint density at radius 3 is 2.44 bits per heavy atom. The van der Waals surface area contributed by atoms with Crippen molar-refractivity contribution < 1.29 is 9.59 Å². The minimum absolute atomic E-state index is 0.00921. The molecule has 130 valence electrons. The number of amides is 1. The second kappa shape index (κ2) is 8.06. The number of carbonyl (C=O) groups is 2. The number of aromatic nitrogens is 1. The number of benzene rings is 1. The van der Waals surface area contributed by atoms with Crippen LogP contribution >= 0.6 is 0 Å². The number of hydrogen-bond acceptors (Lipinski definition) is 3. The Hall–Kier alpha value is -2.49. The molecule has 1 fully saturated rings. The lowest BCUT2D eigenvalue weighted by molar-refractivity contribution is -0.134. The molecule has 0 aliphatic carbocycles. The maximum absolute atomic E-state index is 12.9. The lowest BCUT2D eigenvalue weighted by atomic mass is 9.88. The van der Waals surface area contributed by atoms with Crippen LogP contribution in [0.3, 0.4) is 0 Å². The van der Waals surface area contributed by atoms with Gasteiger partial charge in [0.1, 0.15) is 0 Å². The summed E-state index contributed by atoms with van der Waals surface area (Å²) >= 11 is 0. The third kappa shape index (κ3) is 3.95. The Labute approximate surface area is 148 Å². The number of pyridine rings is 1. The van der Waals surface area contributed by atoms with Crippen molar-refractivity contribution in [3.63, 3.8) is 0 Å². The SMILES string of the molecule is CC[C@H](C(=O)N1CCC(C(=O)c2cccnc2)CC1)c1ccccc1. The summed E-state index contributed by atoms with van der Waals surface area (Å²) in [5.41, 5.74) is 1.74. The molecule has 1 amide bonds. The van der Waals surface area contributed by atoms with E-state index in [0.29, 0.717) is 18.7 Å². The summed E-state index contributed by atoms with van der Waals surface area (Å²) in [5, 5.41) is 0. The number of ketones is 1. The highest BCUT2D eigenvalue weighted by molar-refractivity contribution is 5.97.